The van der Waals surface area contributed by atoms with Crippen LogP contribution in [0.5, 0.6) is 5.75 Å². The van der Waals surface area contributed by atoms with E-state index in [0.717, 1.165) is 28.0 Å². The van der Waals surface area contributed by atoms with E-state index in [0.29, 0.717) is 0 Å². The first-order chi connectivity index (χ1) is 13.2. The number of nitrogens with zero attached hydrogens (tertiary/aromatic N) is 1. The summed E-state index contributed by atoms with van der Waals surface area (Å²) in [6.45, 7) is 1.97. The highest BCUT2D eigenvalue weighted by molar-refractivity contribution is 5.88. The number of rotatable bonds is 6. The monoisotopic (exact) mass is 358 g/mol. The van der Waals surface area contributed by atoms with E-state index < -0.39 is 5.92 Å². The molecule has 27 heavy (non-hydrogen) atoms. The number of aryl methyl sites for hydroxylation is 1. The molecule has 4 heteroatoms. The van der Waals surface area contributed by atoms with Crippen molar-refractivity contribution in [1.82, 2.24) is 5.43 Å². The number of carbonyl (C=O) groups is 1. The number of hydrogen-bond donors (Lipinski definition) is 1. The third-order valence-corrected chi connectivity index (χ3v) is 4.34. The first-order valence-corrected chi connectivity index (χ1v) is 8.76. The molecule has 0 bridgehead atoms. The Labute approximate surface area is 159 Å². The van der Waals surface area contributed by atoms with Crippen molar-refractivity contribution in [3.63, 3.8) is 0 Å². The average Bonchev–Trinajstić information content (AvgIpc) is 2.70. The third kappa shape index (κ3) is 4.61. The van der Waals surface area contributed by atoms with Gasteiger partial charge in [-0.15, -0.1) is 0 Å². The van der Waals surface area contributed by atoms with Gasteiger partial charge >= 0.3 is 0 Å². The average molecular weight is 358 g/mol. The zero-order valence-electron chi connectivity index (χ0n) is 15.4. The minimum absolute atomic E-state index is 0.172. The third-order valence-electron chi connectivity index (χ3n) is 4.34. The van der Waals surface area contributed by atoms with E-state index in [1.807, 2.05) is 85.8 Å². The van der Waals surface area contributed by atoms with Gasteiger partial charge in [0.15, 0.2) is 0 Å². The number of nitrogens with one attached hydrogen (secondary N) is 1. The molecule has 0 aliphatic rings. The van der Waals surface area contributed by atoms with Gasteiger partial charge in [0.2, 0.25) is 0 Å². The number of hydrogen-bond acceptors (Lipinski definition) is 3. The number of amides is 1. The summed E-state index contributed by atoms with van der Waals surface area (Å²) < 4.78 is 5.26. The number of ether oxygens (including phenoxy) is 1. The van der Waals surface area contributed by atoms with E-state index in [-0.39, 0.29) is 5.91 Å². The van der Waals surface area contributed by atoms with Crippen molar-refractivity contribution in [2.24, 2.45) is 5.10 Å². The topological polar surface area (TPSA) is 50.7 Å². The van der Waals surface area contributed by atoms with Crippen molar-refractivity contribution in [2.75, 3.05) is 7.11 Å². The smallest absolute Gasteiger partial charge is 0.252 e. The summed E-state index contributed by atoms with van der Waals surface area (Å²) >= 11 is 0. The minimum atomic E-state index is -0.415. The lowest BCUT2D eigenvalue weighted by molar-refractivity contribution is -0.121. The molecule has 0 heterocycles. The summed E-state index contributed by atoms with van der Waals surface area (Å²) in [5.74, 6) is 0.237. The molecule has 0 aliphatic heterocycles. The van der Waals surface area contributed by atoms with Gasteiger partial charge < -0.3 is 4.74 Å². The molecule has 0 saturated carbocycles. The van der Waals surface area contributed by atoms with Crippen LogP contribution in [0.4, 0.5) is 0 Å². The first kappa shape index (κ1) is 18.4. The summed E-state index contributed by atoms with van der Waals surface area (Å²) in [6.07, 6.45) is 1.64. The van der Waals surface area contributed by atoms with E-state index >= 15 is 0 Å². The molecule has 0 atom stereocenters. The lowest BCUT2D eigenvalue weighted by Crippen LogP contribution is -2.26. The Morgan fingerprint density at radius 2 is 1.56 bits per heavy atom. The fourth-order valence-corrected chi connectivity index (χ4v) is 3.00. The van der Waals surface area contributed by atoms with Crippen molar-refractivity contribution >= 4 is 12.1 Å². The molecule has 0 radical (unpaired) electrons. The van der Waals surface area contributed by atoms with Crippen LogP contribution < -0.4 is 10.2 Å². The minimum Gasteiger partial charge on any atom is -0.496 e. The Bertz CT molecular complexity index is 882. The molecule has 4 nitrogen and oxygen atoms in total. The van der Waals surface area contributed by atoms with Gasteiger partial charge in [-0.05, 0) is 47.4 Å². The fraction of sp³-hybridized carbons (Fsp3) is 0.130. The molecular formula is C23H22N2O2. The second-order valence-corrected chi connectivity index (χ2v) is 6.22. The molecule has 0 saturated heterocycles. The van der Waals surface area contributed by atoms with Crippen molar-refractivity contribution in [2.45, 2.75) is 12.8 Å². The van der Waals surface area contributed by atoms with Crippen LogP contribution in [-0.4, -0.2) is 19.2 Å². The highest BCUT2D eigenvalue weighted by Gasteiger charge is 2.22. The summed E-state index contributed by atoms with van der Waals surface area (Å²) in [6, 6.07) is 25.2. The molecule has 0 aromatic heterocycles. The summed E-state index contributed by atoms with van der Waals surface area (Å²) in [7, 11) is 1.64. The normalized spacial score (nSPS) is 10.9. The molecule has 3 rings (SSSR count). The Morgan fingerprint density at radius 1 is 0.963 bits per heavy atom. The zero-order chi connectivity index (χ0) is 19.1. The maximum absolute atomic E-state index is 12.9. The van der Waals surface area contributed by atoms with E-state index in [4.69, 9.17) is 4.74 Å². The predicted molar refractivity (Wildman–Crippen MR) is 108 cm³/mol. The van der Waals surface area contributed by atoms with Crippen LogP contribution in [0.2, 0.25) is 0 Å². The van der Waals surface area contributed by atoms with Crippen LogP contribution in [-0.2, 0) is 4.79 Å². The highest BCUT2D eigenvalue weighted by atomic mass is 16.5. The SMILES string of the molecule is COc1ccc(/C=N/NC(=O)C(c2ccccc2)c2ccccc2)cc1C. The van der Waals surface area contributed by atoms with Crippen LogP contribution >= 0.6 is 0 Å². The van der Waals surface area contributed by atoms with E-state index in [1.54, 1.807) is 13.3 Å². The van der Waals surface area contributed by atoms with Crippen molar-refractivity contribution in [1.29, 1.82) is 0 Å². The number of benzene rings is 3. The van der Waals surface area contributed by atoms with Crippen LogP contribution in [0, 0.1) is 6.92 Å². The molecule has 1 N–H and O–H groups in total. The quantitative estimate of drug-likeness (QED) is 0.528. The van der Waals surface area contributed by atoms with E-state index in [9.17, 15) is 4.79 Å². The van der Waals surface area contributed by atoms with Crippen LogP contribution in [0.15, 0.2) is 84.0 Å². The summed E-state index contributed by atoms with van der Waals surface area (Å²) in [5, 5.41) is 4.14. The van der Waals surface area contributed by atoms with Gasteiger partial charge in [-0.2, -0.15) is 5.10 Å². The Hall–Kier alpha value is -3.40. The van der Waals surface area contributed by atoms with Gasteiger partial charge in [-0.1, -0.05) is 60.7 Å². The molecule has 136 valence electrons. The maximum Gasteiger partial charge on any atom is 0.252 e. The van der Waals surface area contributed by atoms with Crippen LogP contribution in [0.3, 0.4) is 0 Å². The number of carbonyl (C=O) groups excluding carboxylic acids is 1. The zero-order valence-corrected chi connectivity index (χ0v) is 15.4. The molecule has 3 aromatic carbocycles. The standard InChI is InChI=1S/C23H22N2O2/c1-17-15-18(13-14-21(17)27-2)16-24-25-23(26)22(19-9-5-3-6-10-19)20-11-7-4-8-12-20/h3-16,22H,1-2H3,(H,25,26)/b24-16+. The number of methoxy groups -OCH3 is 1. The van der Waals surface area contributed by atoms with E-state index in [2.05, 4.69) is 10.5 Å². The van der Waals surface area contributed by atoms with Gasteiger partial charge in [0.25, 0.3) is 5.91 Å². The summed E-state index contributed by atoms with van der Waals surface area (Å²) in [4.78, 5) is 12.9. The van der Waals surface area contributed by atoms with Gasteiger partial charge in [-0.25, -0.2) is 5.43 Å². The van der Waals surface area contributed by atoms with E-state index in [1.165, 1.54) is 0 Å². The van der Waals surface area contributed by atoms with Gasteiger partial charge in [-0.3, -0.25) is 4.79 Å². The highest BCUT2D eigenvalue weighted by Crippen LogP contribution is 2.24. The molecule has 1 amide bonds. The largest absolute Gasteiger partial charge is 0.496 e. The molecule has 0 aliphatic carbocycles. The van der Waals surface area contributed by atoms with Crippen molar-refractivity contribution < 1.29 is 9.53 Å². The predicted octanol–water partition coefficient (Wildman–Crippen LogP) is 4.29. The van der Waals surface area contributed by atoms with Crippen molar-refractivity contribution in [3.05, 3.63) is 101 Å². The second kappa shape index (κ2) is 8.81. The van der Waals surface area contributed by atoms with Gasteiger partial charge in [0.05, 0.1) is 19.2 Å². The summed E-state index contributed by atoms with van der Waals surface area (Å²) in [5.41, 5.74) is 6.44. The Balaban J connectivity index is 1.78. The Morgan fingerprint density at radius 3 is 2.07 bits per heavy atom. The van der Waals surface area contributed by atoms with Crippen molar-refractivity contribution in [3.8, 4) is 5.75 Å². The fourth-order valence-electron chi connectivity index (χ4n) is 3.00. The molecule has 3 aromatic rings. The van der Waals surface area contributed by atoms with Gasteiger partial charge in [0, 0.05) is 0 Å². The lowest BCUT2D eigenvalue weighted by atomic mass is 9.91. The second-order valence-electron chi connectivity index (χ2n) is 6.22. The molecular weight excluding hydrogens is 336 g/mol. The first-order valence-electron chi connectivity index (χ1n) is 8.76. The molecule has 0 unspecified atom stereocenters. The van der Waals surface area contributed by atoms with Crippen LogP contribution in [0.25, 0.3) is 0 Å². The maximum atomic E-state index is 12.9. The number of hydrazone groups is 1. The van der Waals surface area contributed by atoms with Crippen LogP contribution in [0.1, 0.15) is 28.2 Å². The lowest BCUT2D eigenvalue weighted by Gasteiger charge is -2.16. The Kier molecular flexibility index (Phi) is 6.00. The van der Waals surface area contributed by atoms with Gasteiger partial charge in [0.1, 0.15) is 5.75 Å². The molecule has 0 spiro atoms. The molecule has 0 fully saturated rings.